The highest BCUT2D eigenvalue weighted by atomic mass is 79.9. The molecule has 126 valence electrons. The number of rotatable bonds is 4. The Morgan fingerprint density at radius 2 is 1.92 bits per heavy atom. The number of amides is 1. The maximum Gasteiger partial charge on any atom is 0.250 e. The van der Waals surface area contributed by atoms with Gasteiger partial charge in [-0.15, -0.1) is 11.3 Å². The highest BCUT2D eigenvalue weighted by Crippen LogP contribution is 2.27. The van der Waals surface area contributed by atoms with E-state index >= 15 is 0 Å². The molecule has 3 nitrogen and oxygen atoms in total. The SMILES string of the molecule is O=C(/C=C/c1ccc(Br)cc1)Nc1nc(-c2ccc(F)cc2F)cs1. The van der Waals surface area contributed by atoms with Crippen molar-refractivity contribution in [2.75, 3.05) is 5.32 Å². The minimum absolute atomic E-state index is 0.184. The Labute approximate surface area is 155 Å². The third-order valence-electron chi connectivity index (χ3n) is 3.24. The number of hydrogen-bond acceptors (Lipinski definition) is 3. The van der Waals surface area contributed by atoms with Crippen molar-refractivity contribution in [3.8, 4) is 11.3 Å². The standard InChI is InChI=1S/C18H11BrF2N2OS/c19-12-4-1-11(2-5-12)3-8-17(24)23-18-22-16(10-25-18)14-7-6-13(20)9-15(14)21/h1-10H,(H,22,23,24)/b8-3+. The van der Waals surface area contributed by atoms with E-state index in [4.69, 9.17) is 0 Å². The molecule has 0 aliphatic carbocycles. The van der Waals surface area contributed by atoms with Crippen LogP contribution in [0.5, 0.6) is 0 Å². The van der Waals surface area contributed by atoms with Crippen LogP contribution in [-0.4, -0.2) is 10.9 Å². The lowest BCUT2D eigenvalue weighted by molar-refractivity contribution is -0.111. The van der Waals surface area contributed by atoms with E-state index in [9.17, 15) is 13.6 Å². The maximum absolute atomic E-state index is 13.8. The van der Waals surface area contributed by atoms with Crippen LogP contribution in [0.2, 0.25) is 0 Å². The lowest BCUT2D eigenvalue weighted by Gasteiger charge is -1.99. The molecule has 2 aromatic carbocycles. The summed E-state index contributed by atoms with van der Waals surface area (Å²) in [4.78, 5) is 16.1. The number of aromatic nitrogens is 1. The van der Waals surface area contributed by atoms with Crippen molar-refractivity contribution >= 4 is 44.4 Å². The quantitative estimate of drug-likeness (QED) is 0.565. The van der Waals surface area contributed by atoms with E-state index in [2.05, 4.69) is 26.2 Å². The molecule has 7 heteroatoms. The average Bonchev–Trinajstić information content (AvgIpc) is 3.02. The fourth-order valence-corrected chi connectivity index (χ4v) is 3.02. The van der Waals surface area contributed by atoms with Crippen LogP contribution in [0.4, 0.5) is 13.9 Å². The second-order valence-electron chi connectivity index (χ2n) is 5.04. The van der Waals surface area contributed by atoms with E-state index in [1.54, 1.807) is 11.5 Å². The molecule has 1 amide bonds. The van der Waals surface area contributed by atoms with Crippen LogP contribution in [0.3, 0.4) is 0 Å². The highest BCUT2D eigenvalue weighted by Gasteiger charge is 2.11. The molecule has 0 radical (unpaired) electrons. The molecule has 0 bridgehead atoms. The molecule has 25 heavy (non-hydrogen) atoms. The molecule has 1 heterocycles. The largest absolute Gasteiger partial charge is 0.298 e. The van der Waals surface area contributed by atoms with E-state index < -0.39 is 11.6 Å². The number of halogens is 3. The van der Waals surface area contributed by atoms with Gasteiger partial charge in [0, 0.05) is 27.6 Å². The Hall–Kier alpha value is -2.38. The summed E-state index contributed by atoms with van der Waals surface area (Å²) in [6, 6.07) is 10.8. The average molecular weight is 421 g/mol. The predicted molar refractivity (Wildman–Crippen MR) is 99.3 cm³/mol. The zero-order valence-electron chi connectivity index (χ0n) is 12.7. The minimum Gasteiger partial charge on any atom is -0.298 e. The van der Waals surface area contributed by atoms with Crippen LogP contribution in [0.1, 0.15) is 5.56 Å². The number of thiazole rings is 1. The predicted octanol–water partition coefficient (Wildman–Crippen LogP) is 5.50. The molecule has 3 rings (SSSR count). The lowest BCUT2D eigenvalue weighted by Crippen LogP contribution is -2.07. The summed E-state index contributed by atoms with van der Waals surface area (Å²) < 4.78 is 27.7. The van der Waals surface area contributed by atoms with Gasteiger partial charge >= 0.3 is 0 Å². The zero-order valence-corrected chi connectivity index (χ0v) is 15.1. The Morgan fingerprint density at radius 1 is 1.16 bits per heavy atom. The van der Waals surface area contributed by atoms with Crippen molar-refractivity contribution in [2.24, 2.45) is 0 Å². The monoisotopic (exact) mass is 420 g/mol. The summed E-state index contributed by atoms with van der Waals surface area (Å²) in [6.45, 7) is 0. The van der Waals surface area contributed by atoms with E-state index in [1.807, 2.05) is 24.3 Å². The molecule has 3 aromatic rings. The fraction of sp³-hybridized carbons (Fsp3) is 0. The number of anilines is 1. The molecule has 1 N–H and O–H groups in total. The van der Waals surface area contributed by atoms with Gasteiger partial charge in [0.05, 0.1) is 5.69 Å². The van der Waals surface area contributed by atoms with Gasteiger partial charge in [-0.2, -0.15) is 0 Å². The first-order chi connectivity index (χ1) is 12.0. The Balaban J connectivity index is 1.68. The number of carbonyl (C=O) groups excluding carboxylic acids is 1. The Morgan fingerprint density at radius 3 is 2.64 bits per heavy atom. The van der Waals surface area contributed by atoms with Crippen LogP contribution in [0.25, 0.3) is 17.3 Å². The van der Waals surface area contributed by atoms with Crippen molar-refractivity contribution in [1.29, 1.82) is 0 Å². The molecule has 0 aliphatic heterocycles. The van der Waals surface area contributed by atoms with Gasteiger partial charge < -0.3 is 0 Å². The smallest absolute Gasteiger partial charge is 0.250 e. The number of hydrogen-bond donors (Lipinski definition) is 1. The molecule has 0 saturated carbocycles. The molecular weight excluding hydrogens is 410 g/mol. The number of benzene rings is 2. The van der Waals surface area contributed by atoms with Gasteiger partial charge in [0.25, 0.3) is 0 Å². The van der Waals surface area contributed by atoms with Gasteiger partial charge in [-0.1, -0.05) is 28.1 Å². The van der Waals surface area contributed by atoms with Crippen LogP contribution in [0.15, 0.2) is 58.4 Å². The molecule has 1 aromatic heterocycles. The Bertz CT molecular complexity index is 939. The molecule has 0 fully saturated rings. The molecule has 0 atom stereocenters. The molecule has 0 aliphatic rings. The second kappa shape index (κ2) is 7.67. The van der Waals surface area contributed by atoms with Crippen molar-refractivity contribution in [3.63, 3.8) is 0 Å². The van der Waals surface area contributed by atoms with Crippen molar-refractivity contribution in [3.05, 3.63) is 75.6 Å². The lowest BCUT2D eigenvalue weighted by atomic mass is 10.1. The van der Waals surface area contributed by atoms with Crippen LogP contribution < -0.4 is 5.32 Å². The number of carbonyl (C=O) groups is 1. The first-order valence-corrected chi connectivity index (χ1v) is 8.84. The zero-order chi connectivity index (χ0) is 17.8. The van der Waals surface area contributed by atoms with E-state index in [-0.39, 0.29) is 11.5 Å². The van der Waals surface area contributed by atoms with Crippen LogP contribution in [0, 0.1) is 11.6 Å². The second-order valence-corrected chi connectivity index (χ2v) is 6.81. The van der Waals surface area contributed by atoms with E-state index in [0.717, 1.165) is 22.2 Å². The van der Waals surface area contributed by atoms with E-state index in [0.29, 0.717) is 10.8 Å². The van der Waals surface area contributed by atoms with Crippen molar-refractivity contribution < 1.29 is 13.6 Å². The third kappa shape index (κ3) is 4.58. The third-order valence-corrected chi connectivity index (χ3v) is 4.52. The Kier molecular flexibility index (Phi) is 5.35. The fourth-order valence-electron chi connectivity index (χ4n) is 2.04. The van der Waals surface area contributed by atoms with Gasteiger partial charge in [0.2, 0.25) is 5.91 Å². The molecule has 0 saturated heterocycles. The van der Waals surface area contributed by atoms with Gasteiger partial charge in [-0.05, 0) is 35.9 Å². The highest BCUT2D eigenvalue weighted by molar-refractivity contribution is 9.10. The van der Waals surface area contributed by atoms with E-state index in [1.165, 1.54) is 23.5 Å². The first kappa shape index (κ1) is 17.4. The van der Waals surface area contributed by atoms with Crippen molar-refractivity contribution in [2.45, 2.75) is 0 Å². The van der Waals surface area contributed by atoms with Gasteiger partial charge in [-0.3, -0.25) is 10.1 Å². The molecular formula is C18H11BrF2N2OS. The summed E-state index contributed by atoms with van der Waals surface area (Å²) in [5, 5.41) is 4.56. The van der Waals surface area contributed by atoms with Crippen molar-refractivity contribution in [1.82, 2.24) is 4.98 Å². The van der Waals surface area contributed by atoms with Crippen LogP contribution >= 0.6 is 27.3 Å². The maximum atomic E-state index is 13.8. The summed E-state index contributed by atoms with van der Waals surface area (Å²) >= 11 is 4.51. The first-order valence-electron chi connectivity index (χ1n) is 7.17. The number of nitrogens with one attached hydrogen (secondary N) is 1. The summed E-state index contributed by atoms with van der Waals surface area (Å²) in [5.74, 6) is -1.69. The molecule has 0 spiro atoms. The van der Waals surface area contributed by atoms with Gasteiger partial charge in [-0.25, -0.2) is 13.8 Å². The molecule has 0 unspecified atom stereocenters. The van der Waals surface area contributed by atoms with Gasteiger partial charge in [0.1, 0.15) is 11.6 Å². The van der Waals surface area contributed by atoms with Crippen LogP contribution in [-0.2, 0) is 4.79 Å². The van der Waals surface area contributed by atoms with Gasteiger partial charge in [0.15, 0.2) is 5.13 Å². The normalized spacial score (nSPS) is 11.0. The number of nitrogens with zero attached hydrogens (tertiary/aromatic N) is 1. The summed E-state index contributed by atoms with van der Waals surface area (Å²) in [6.07, 6.45) is 3.07. The summed E-state index contributed by atoms with van der Waals surface area (Å²) in [7, 11) is 0. The minimum atomic E-state index is -0.696. The topological polar surface area (TPSA) is 42.0 Å². The summed E-state index contributed by atoms with van der Waals surface area (Å²) in [5.41, 5.74) is 1.41.